The molecule has 0 radical (unpaired) electrons. The van der Waals surface area contributed by atoms with Gasteiger partial charge in [0.1, 0.15) is 0 Å². The van der Waals surface area contributed by atoms with Gasteiger partial charge in [0.15, 0.2) is 0 Å². The quantitative estimate of drug-likeness (QED) is 0.376. The molecule has 0 saturated heterocycles. The van der Waals surface area contributed by atoms with E-state index in [2.05, 4.69) is 17.9 Å². The molecule has 0 spiro atoms. The first-order valence-electron chi connectivity index (χ1n) is 2.81. The first kappa shape index (κ1) is 12.9. The number of carbonyl (C=O) groups is 2. The first-order valence-corrected chi connectivity index (χ1v) is 2.81. The molecule has 0 aromatic heterocycles. The SMILES string of the molecule is C=CC(=O)OC(=C)C.O=C(O)O. The Morgan fingerprint density at radius 3 is 1.83 bits per heavy atom. The summed E-state index contributed by atoms with van der Waals surface area (Å²) in [5.41, 5.74) is 0. The second-order valence-corrected chi connectivity index (χ2v) is 1.61. The normalized spacial score (nSPS) is 7.08. The molecule has 12 heavy (non-hydrogen) atoms. The summed E-state index contributed by atoms with van der Waals surface area (Å²) in [6, 6.07) is 0. The van der Waals surface area contributed by atoms with E-state index in [0.29, 0.717) is 5.76 Å². The Bertz CT molecular complexity index is 190. The molecule has 2 N–H and O–H groups in total. The molecule has 0 fully saturated rings. The average molecular weight is 174 g/mol. The monoisotopic (exact) mass is 174 g/mol. The Hall–Kier alpha value is -1.78. The summed E-state index contributed by atoms with van der Waals surface area (Å²) < 4.78 is 4.45. The fraction of sp³-hybridized carbons (Fsp3) is 0.143. The largest absolute Gasteiger partial charge is 0.503 e. The lowest BCUT2D eigenvalue weighted by Crippen LogP contribution is -1.95. The minimum Gasteiger partial charge on any atom is -0.450 e. The molecule has 68 valence electrons. The highest BCUT2D eigenvalue weighted by molar-refractivity contribution is 5.81. The Morgan fingerprint density at radius 1 is 1.42 bits per heavy atom. The zero-order valence-electron chi connectivity index (χ0n) is 6.61. The summed E-state index contributed by atoms with van der Waals surface area (Å²) in [5, 5.41) is 13.9. The summed E-state index contributed by atoms with van der Waals surface area (Å²) in [6.45, 7) is 8.15. The number of carbonyl (C=O) groups excluding carboxylic acids is 1. The van der Waals surface area contributed by atoms with Gasteiger partial charge in [-0.1, -0.05) is 13.2 Å². The molecule has 0 aliphatic rings. The van der Waals surface area contributed by atoms with Crippen LogP contribution in [0, 0.1) is 0 Å². The van der Waals surface area contributed by atoms with Crippen LogP contribution < -0.4 is 0 Å². The highest BCUT2D eigenvalue weighted by Gasteiger charge is 1.91. The molecule has 0 heterocycles. The fourth-order valence-electron chi connectivity index (χ4n) is 0.213. The van der Waals surface area contributed by atoms with Crippen LogP contribution in [0.4, 0.5) is 4.79 Å². The predicted molar refractivity (Wildman–Crippen MR) is 41.8 cm³/mol. The predicted octanol–water partition coefficient (Wildman–Crippen LogP) is 1.47. The highest BCUT2D eigenvalue weighted by atomic mass is 16.6. The minimum atomic E-state index is -1.83. The van der Waals surface area contributed by atoms with E-state index in [9.17, 15) is 4.79 Å². The van der Waals surface area contributed by atoms with Crippen molar-refractivity contribution < 1.29 is 24.5 Å². The maximum Gasteiger partial charge on any atom is 0.503 e. The van der Waals surface area contributed by atoms with Crippen LogP contribution in [0.25, 0.3) is 0 Å². The topological polar surface area (TPSA) is 83.8 Å². The number of esters is 1. The van der Waals surface area contributed by atoms with Crippen molar-refractivity contribution in [3.8, 4) is 0 Å². The second-order valence-electron chi connectivity index (χ2n) is 1.61. The van der Waals surface area contributed by atoms with E-state index in [-0.39, 0.29) is 0 Å². The molecule has 0 aliphatic heterocycles. The molecule has 0 aliphatic carbocycles. The molecule has 5 nitrogen and oxygen atoms in total. The van der Waals surface area contributed by atoms with Gasteiger partial charge >= 0.3 is 12.1 Å². The van der Waals surface area contributed by atoms with Crippen LogP contribution in [0.15, 0.2) is 25.0 Å². The Kier molecular flexibility index (Phi) is 7.85. The molecule has 0 saturated carbocycles. The molecule has 0 rings (SSSR count). The van der Waals surface area contributed by atoms with Crippen molar-refractivity contribution in [1.29, 1.82) is 0 Å². The van der Waals surface area contributed by atoms with E-state index < -0.39 is 12.1 Å². The van der Waals surface area contributed by atoms with Crippen molar-refractivity contribution >= 4 is 12.1 Å². The summed E-state index contributed by atoms with van der Waals surface area (Å²) in [7, 11) is 0. The highest BCUT2D eigenvalue weighted by Crippen LogP contribution is 1.89. The molecule has 0 bridgehead atoms. The first-order chi connectivity index (χ1) is 5.40. The van der Waals surface area contributed by atoms with E-state index in [1.807, 2.05) is 0 Å². The van der Waals surface area contributed by atoms with Gasteiger partial charge in [0.05, 0.1) is 5.76 Å². The summed E-state index contributed by atoms with van der Waals surface area (Å²) in [6.07, 6.45) is -0.741. The maximum absolute atomic E-state index is 10.2. The second kappa shape index (κ2) is 7.33. The zero-order chi connectivity index (χ0) is 10.1. The van der Waals surface area contributed by atoms with Gasteiger partial charge in [0.25, 0.3) is 0 Å². The molecule has 0 atom stereocenters. The van der Waals surface area contributed by atoms with Gasteiger partial charge in [-0.15, -0.1) is 0 Å². The third kappa shape index (κ3) is 24.1. The smallest absolute Gasteiger partial charge is 0.450 e. The Labute approximate surface area is 69.6 Å². The zero-order valence-corrected chi connectivity index (χ0v) is 6.61. The molecular weight excluding hydrogens is 164 g/mol. The maximum atomic E-state index is 10.2. The van der Waals surface area contributed by atoms with Gasteiger partial charge in [-0.05, 0) is 6.92 Å². The van der Waals surface area contributed by atoms with Crippen molar-refractivity contribution in [2.45, 2.75) is 6.92 Å². The van der Waals surface area contributed by atoms with Crippen molar-refractivity contribution in [1.82, 2.24) is 0 Å². The Morgan fingerprint density at radius 2 is 1.75 bits per heavy atom. The van der Waals surface area contributed by atoms with Gasteiger partial charge in [-0.3, -0.25) is 0 Å². The fourth-order valence-corrected chi connectivity index (χ4v) is 0.213. The van der Waals surface area contributed by atoms with Crippen LogP contribution in [-0.4, -0.2) is 22.3 Å². The van der Waals surface area contributed by atoms with Gasteiger partial charge in [0, 0.05) is 6.08 Å². The minimum absolute atomic E-state index is 0.384. The van der Waals surface area contributed by atoms with E-state index in [1.165, 1.54) is 0 Å². The van der Waals surface area contributed by atoms with Gasteiger partial charge in [-0.25, -0.2) is 9.59 Å². The van der Waals surface area contributed by atoms with E-state index in [1.54, 1.807) is 6.92 Å². The van der Waals surface area contributed by atoms with Crippen LogP contribution in [0.2, 0.25) is 0 Å². The van der Waals surface area contributed by atoms with Gasteiger partial charge < -0.3 is 14.9 Å². The third-order valence-electron chi connectivity index (χ3n) is 0.441. The van der Waals surface area contributed by atoms with Crippen LogP contribution in [0.3, 0.4) is 0 Å². The molecule has 5 heteroatoms. The van der Waals surface area contributed by atoms with Crippen molar-refractivity contribution in [2.75, 3.05) is 0 Å². The Balaban J connectivity index is 0. The molecule has 0 unspecified atom stereocenters. The van der Waals surface area contributed by atoms with Gasteiger partial charge in [-0.2, -0.15) is 0 Å². The van der Waals surface area contributed by atoms with Crippen LogP contribution >= 0.6 is 0 Å². The van der Waals surface area contributed by atoms with Crippen molar-refractivity contribution in [3.05, 3.63) is 25.0 Å². The number of hydrogen-bond donors (Lipinski definition) is 2. The number of carboxylic acid groups (broad SMARTS) is 2. The lowest BCUT2D eigenvalue weighted by Gasteiger charge is -1.94. The summed E-state index contributed by atoms with van der Waals surface area (Å²) in [4.78, 5) is 18.8. The molecule has 0 aromatic rings. The van der Waals surface area contributed by atoms with Crippen LogP contribution in [0.5, 0.6) is 0 Å². The molecule has 0 aromatic carbocycles. The van der Waals surface area contributed by atoms with E-state index >= 15 is 0 Å². The number of ether oxygens (including phenoxy) is 1. The third-order valence-corrected chi connectivity index (χ3v) is 0.441. The number of hydrogen-bond acceptors (Lipinski definition) is 3. The van der Waals surface area contributed by atoms with Crippen LogP contribution in [0.1, 0.15) is 6.92 Å². The average Bonchev–Trinajstić information content (AvgIpc) is 1.84. The summed E-state index contributed by atoms with van der Waals surface area (Å²) in [5.74, 6) is -0.0765. The number of rotatable bonds is 2. The molecular formula is C7H10O5. The van der Waals surface area contributed by atoms with E-state index in [4.69, 9.17) is 15.0 Å². The van der Waals surface area contributed by atoms with E-state index in [0.717, 1.165) is 6.08 Å². The van der Waals surface area contributed by atoms with Crippen molar-refractivity contribution in [2.24, 2.45) is 0 Å². The summed E-state index contributed by atoms with van der Waals surface area (Å²) >= 11 is 0. The number of allylic oxidation sites excluding steroid dienone is 1. The van der Waals surface area contributed by atoms with Crippen LogP contribution in [-0.2, 0) is 9.53 Å². The lowest BCUT2D eigenvalue weighted by atomic mass is 10.6. The standard InChI is InChI=1S/C6H8O2.CH2O3/c1-4-6(7)8-5(2)3;2-1(3)4/h4H,1-2H2,3H3;(H2,2,3,4). The van der Waals surface area contributed by atoms with Crippen molar-refractivity contribution in [3.63, 3.8) is 0 Å². The van der Waals surface area contributed by atoms with Gasteiger partial charge in [0.2, 0.25) is 0 Å². The molecule has 0 amide bonds. The lowest BCUT2D eigenvalue weighted by molar-refractivity contribution is -0.133.